The van der Waals surface area contributed by atoms with Crippen LogP contribution in [0.1, 0.15) is 40.0 Å². The summed E-state index contributed by atoms with van der Waals surface area (Å²) in [7, 11) is 0. The van der Waals surface area contributed by atoms with E-state index in [1.54, 1.807) is 0 Å². The summed E-state index contributed by atoms with van der Waals surface area (Å²) in [5.74, 6) is 1.70. The molecule has 0 aliphatic carbocycles. The fourth-order valence-corrected chi connectivity index (χ4v) is 2.82. The first-order chi connectivity index (χ1) is 6.65. The molecule has 14 heavy (non-hydrogen) atoms. The van der Waals surface area contributed by atoms with Gasteiger partial charge in [0.2, 0.25) is 0 Å². The summed E-state index contributed by atoms with van der Waals surface area (Å²) in [6, 6.07) is 0.754. The van der Waals surface area contributed by atoms with E-state index in [-0.39, 0.29) is 0 Å². The lowest BCUT2D eigenvalue weighted by Gasteiger charge is -2.30. The second-order valence-electron chi connectivity index (χ2n) is 4.97. The second-order valence-corrected chi connectivity index (χ2v) is 5.62. The quantitative estimate of drug-likeness (QED) is 0.703. The fraction of sp³-hybridized carbons (Fsp3) is 1.00. The molecule has 0 N–H and O–H groups in total. The summed E-state index contributed by atoms with van der Waals surface area (Å²) in [5, 5.41) is 1.19. The van der Waals surface area contributed by atoms with Gasteiger partial charge in [0, 0.05) is 11.4 Å². The molecule has 0 amide bonds. The monoisotopic (exact) mass is 261 g/mol. The lowest BCUT2D eigenvalue weighted by atomic mass is 10.0. The highest BCUT2D eigenvalue weighted by molar-refractivity contribution is 9.09. The van der Waals surface area contributed by atoms with E-state index in [1.165, 1.54) is 37.7 Å². The molecule has 0 bridgehead atoms. The molecule has 2 atom stereocenters. The maximum absolute atomic E-state index is 3.61. The van der Waals surface area contributed by atoms with E-state index in [0.29, 0.717) is 0 Å². The number of likely N-dealkylation sites (tertiary alicyclic amines) is 1. The Morgan fingerprint density at radius 3 is 2.50 bits per heavy atom. The summed E-state index contributed by atoms with van der Waals surface area (Å²) in [6.07, 6.45) is 4.17. The van der Waals surface area contributed by atoms with Gasteiger partial charge in [-0.15, -0.1) is 0 Å². The molecule has 1 heterocycles. The van der Waals surface area contributed by atoms with Gasteiger partial charge in [-0.2, -0.15) is 0 Å². The zero-order chi connectivity index (χ0) is 10.6. The highest BCUT2D eigenvalue weighted by Crippen LogP contribution is 2.22. The van der Waals surface area contributed by atoms with Crippen molar-refractivity contribution in [3.05, 3.63) is 0 Å². The van der Waals surface area contributed by atoms with Crippen LogP contribution in [0.2, 0.25) is 0 Å². The van der Waals surface area contributed by atoms with E-state index in [4.69, 9.17) is 0 Å². The van der Waals surface area contributed by atoms with Crippen molar-refractivity contribution in [1.29, 1.82) is 0 Å². The molecule has 0 aromatic rings. The van der Waals surface area contributed by atoms with Crippen LogP contribution in [0.4, 0.5) is 0 Å². The van der Waals surface area contributed by atoms with Crippen molar-refractivity contribution < 1.29 is 0 Å². The minimum Gasteiger partial charge on any atom is -0.300 e. The smallest absolute Gasteiger partial charge is 0.00899 e. The first-order valence-electron chi connectivity index (χ1n) is 5.95. The van der Waals surface area contributed by atoms with Crippen LogP contribution in [0.3, 0.4) is 0 Å². The first-order valence-corrected chi connectivity index (χ1v) is 7.07. The molecular weight excluding hydrogens is 238 g/mol. The summed E-state index contributed by atoms with van der Waals surface area (Å²) in [5.41, 5.74) is 0. The van der Waals surface area contributed by atoms with Gasteiger partial charge in [-0.25, -0.2) is 0 Å². The third-order valence-corrected chi connectivity index (χ3v) is 4.56. The van der Waals surface area contributed by atoms with Crippen molar-refractivity contribution in [2.75, 3.05) is 18.4 Å². The predicted octanol–water partition coefficient (Wildman–Crippen LogP) is 3.53. The van der Waals surface area contributed by atoms with Gasteiger partial charge in [0.1, 0.15) is 0 Å². The van der Waals surface area contributed by atoms with E-state index < -0.39 is 0 Å². The van der Waals surface area contributed by atoms with Gasteiger partial charge in [0.25, 0.3) is 0 Å². The minimum atomic E-state index is 0.754. The molecular formula is C12H24BrN. The van der Waals surface area contributed by atoms with Gasteiger partial charge >= 0.3 is 0 Å². The number of nitrogens with zero attached hydrogens (tertiary/aromatic N) is 1. The molecule has 2 heteroatoms. The minimum absolute atomic E-state index is 0.754. The van der Waals surface area contributed by atoms with Gasteiger partial charge < -0.3 is 4.90 Å². The molecule has 1 rings (SSSR count). The molecule has 0 aromatic heterocycles. The molecule has 0 radical (unpaired) electrons. The number of halogens is 1. The number of alkyl halides is 1. The van der Waals surface area contributed by atoms with Gasteiger partial charge in [-0.3, -0.25) is 0 Å². The van der Waals surface area contributed by atoms with Crippen LogP contribution >= 0.6 is 15.9 Å². The summed E-state index contributed by atoms with van der Waals surface area (Å²) >= 11 is 3.61. The van der Waals surface area contributed by atoms with E-state index in [9.17, 15) is 0 Å². The Balaban J connectivity index is 2.41. The Hall–Kier alpha value is 0.440. The molecule has 1 nitrogen and oxygen atoms in total. The van der Waals surface area contributed by atoms with Crippen LogP contribution in [0.5, 0.6) is 0 Å². The first kappa shape index (κ1) is 12.5. The van der Waals surface area contributed by atoms with E-state index in [1.807, 2.05) is 0 Å². The van der Waals surface area contributed by atoms with Crippen molar-refractivity contribution in [3.63, 3.8) is 0 Å². The number of rotatable bonds is 3. The standard InChI is InChI=1S/C12H24BrN/c1-10(2)11(3)14-7-4-5-12(9-13)6-8-14/h10-12H,4-9H2,1-3H3. The third-order valence-electron chi connectivity index (χ3n) is 3.64. The third kappa shape index (κ3) is 3.54. The van der Waals surface area contributed by atoms with Crippen LogP contribution in [-0.4, -0.2) is 29.4 Å². The van der Waals surface area contributed by atoms with Crippen molar-refractivity contribution in [2.24, 2.45) is 11.8 Å². The Bertz CT molecular complexity index is 158. The summed E-state index contributed by atoms with van der Waals surface area (Å²) < 4.78 is 0. The molecule has 0 aromatic carbocycles. The molecule has 0 saturated carbocycles. The molecule has 1 fully saturated rings. The van der Waals surface area contributed by atoms with Crippen LogP contribution in [0, 0.1) is 11.8 Å². The maximum Gasteiger partial charge on any atom is 0.00899 e. The van der Waals surface area contributed by atoms with Gasteiger partial charge in [-0.1, -0.05) is 29.8 Å². The second kappa shape index (κ2) is 6.12. The normalized spacial score (nSPS) is 27.6. The number of hydrogen-bond donors (Lipinski definition) is 0. The molecule has 0 spiro atoms. The lowest BCUT2D eigenvalue weighted by Crippen LogP contribution is -2.37. The molecule has 1 aliphatic heterocycles. The maximum atomic E-state index is 3.61. The largest absolute Gasteiger partial charge is 0.300 e. The average molecular weight is 262 g/mol. The zero-order valence-corrected chi connectivity index (χ0v) is 11.4. The van der Waals surface area contributed by atoms with E-state index in [2.05, 4.69) is 41.6 Å². The van der Waals surface area contributed by atoms with Crippen LogP contribution in [-0.2, 0) is 0 Å². The highest BCUT2D eigenvalue weighted by atomic mass is 79.9. The van der Waals surface area contributed by atoms with Crippen molar-refractivity contribution in [2.45, 2.75) is 46.1 Å². The van der Waals surface area contributed by atoms with Crippen molar-refractivity contribution >= 4 is 15.9 Å². The van der Waals surface area contributed by atoms with E-state index >= 15 is 0 Å². The fourth-order valence-electron chi connectivity index (χ4n) is 2.17. The van der Waals surface area contributed by atoms with Crippen LogP contribution in [0.15, 0.2) is 0 Å². The Labute approximate surface area is 97.4 Å². The Morgan fingerprint density at radius 1 is 1.21 bits per heavy atom. The molecule has 2 unspecified atom stereocenters. The lowest BCUT2D eigenvalue weighted by molar-refractivity contribution is 0.173. The average Bonchev–Trinajstić information content (AvgIpc) is 2.41. The predicted molar refractivity (Wildman–Crippen MR) is 67.0 cm³/mol. The van der Waals surface area contributed by atoms with Gasteiger partial charge in [0.15, 0.2) is 0 Å². The van der Waals surface area contributed by atoms with Crippen molar-refractivity contribution in [1.82, 2.24) is 4.90 Å². The SMILES string of the molecule is CC(C)C(C)N1CCCC(CBr)CC1. The van der Waals surface area contributed by atoms with Crippen LogP contribution in [0.25, 0.3) is 0 Å². The highest BCUT2D eigenvalue weighted by Gasteiger charge is 2.21. The van der Waals surface area contributed by atoms with Gasteiger partial charge in [0.05, 0.1) is 0 Å². The van der Waals surface area contributed by atoms with Crippen molar-refractivity contribution in [3.8, 4) is 0 Å². The Kier molecular flexibility index (Phi) is 5.47. The summed E-state index contributed by atoms with van der Waals surface area (Å²) in [6.45, 7) is 9.65. The molecule has 1 aliphatic rings. The zero-order valence-electron chi connectivity index (χ0n) is 9.80. The Morgan fingerprint density at radius 2 is 1.93 bits per heavy atom. The van der Waals surface area contributed by atoms with E-state index in [0.717, 1.165) is 17.9 Å². The molecule has 84 valence electrons. The summed E-state index contributed by atoms with van der Waals surface area (Å²) in [4.78, 5) is 2.67. The van der Waals surface area contributed by atoms with Gasteiger partial charge in [-0.05, 0) is 51.1 Å². The van der Waals surface area contributed by atoms with Crippen LogP contribution < -0.4 is 0 Å². The topological polar surface area (TPSA) is 3.24 Å². The molecule has 1 saturated heterocycles. The number of hydrogen-bond acceptors (Lipinski definition) is 1.